The summed E-state index contributed by atoms with van der Waals surface area (Å²) in [6, 6.07) is 0.572. The van der Waals surface area contributed by atoms with Crippen LogP contribution in [-0.4, -0.2) is 38.1 Å². The molecule has 1 aliphatic carbocycles. The zero-order valence-corrected chi connectivity index (χ0v) is 13.5. The first-order valence-corrected chi connectivity index (χ1v) is 8.16. The summed E-state index contributed by atoms with van der Waals surface area (Å²) in [5.41, 5.74) is 1.06. The lowest BCUT2D eigenvalue weighted by atomic mass is 9.96. The number of rotatable bonds is 4. The molecule has 0 spiro atoms. The molecule has 1 fully saturated rings. The van der Waals surface area contributed by atoms with Gasteiger partial charge in [-0.25, -0.2) is 4.98 Å². The SMILES string of the molecule is CN=C(NCc1csc(N(C)C)n1)NC1CCCCC1. The van der Waals surface area contributed by atoms with Crippen molar-refractivity contribution in [3.8, 4) is 0 Å². The normalized spacial score (nSPS) is 17.1. The van der Waals surface area contributed by atoms with E-state index in [0.717, 1.165) is 23.3 Å². The zero-order chi connectivity index (χ0) is 14.4. The van der Waals surface area contributed by atoms with Gasteiger partial charge >= 0.3 is 0 Å². The monoisotopic (exact) mass is 295 g/mol. The largest absolute Gasteiger partial charge is 0.354 e. The van der Waals surface area contributed by atoms with E-state index in [9.17, 15) is 0 Å². The van der Waals surface area contributed by atoms with Crippen LogP contribution in [0.4, 0.5) is 5.13 Å². The minimum atomic E-state index is 0.572. The molecule has 0 atom stereocenters. The van der Waals surface area contributed by atoms with E-state index in [2.05, 4.69) is 26.0 Å². The predicted octanol–water partition coefficient (Wildman–Crippen LogP) is 2.21. The fourth-order valence-electron chi connectivity index (χ4n) is 2.39. The Morgan fingerprint density at radius 2 is 2.15 bits per heavy atom. The zero-order valence-electron chi connectivity index (χ0n) is 12.6. The second kappa shape index (κ2) is 7.47. The summed E-state index contributed by atoms with van der Waals surface area (Å²) in [6.45, 7) is 0.719. The first-order chi connectivity index (χ1) is 9.69. The van der Waals surface area contributed by atoms with Crippen LogP contribution in [0.25, 0.3) is 0 Å². The molecule has 5 nitrogen and oxygen atoms in total. The van der Waals surface area contributed by atoms with Crippen LogP contribution in [0.2, 0.25) is 0 Å². The number of hydrogen-bond acceptors (Lipinski definition) is 4. The standard InChI is InChI=1S/C14H25N5S/c1-15-13(17-11-7-5-4-6-8-11)16-9-12-10-20-14(18-12)19(2)3/h10-11H,4-9H2,1-3H3,(H2,15,16,17). The Balaban J connectivity index is 1.80. The molecular formula is C14H25N5S. The Morgan fingerprint density at radius 3 is 2.75 bits per heavy atom. The molecular weight excluding hydrogens is 270 g/mol. The molecule has 0 aliphatic heterocycles. The lowest BCUT2D eigenvalue weighted by molar-refractivity contribution is 0.410. The van der Waals surface area contributed by atoms with Crippen molar-refractivity contribution in [1.82, 2.24) is 15.6 Å². The smallest absolute Gasteiger partial charge is 0.191 e. The Hall–Kier alpha value is -1.30. The van der Waals surface area contributed by atoms with Crippen molar-refractivity contribution in [2.24, 2.45) is 4.99 Å². The van der Waals surface area contributed by atoms with Gasteiger partial charge in [0.25, 0.3) is 0 Å². The molecule has 0 saturated heterocycles. The Kier molecular flexibility index (Phi) is 5.64. The molecule has 1 aromatic rings. The number of aliphatic imine (C=N–C) groups is 1. The quantitative estimate of drug-likeness (QED) is 0.660. The first-order valence-electron chi connectivity index (χ1n) is 7.28. The number of nitrogens with one attached hydrogen (secondary N) is 2. The Bertz CT molecular complexity index is 435. The third-order valence-corrected chi connectivity index (χ3v) is 4.59. The van der Waals surface area contributed by atoms with Gasteiger partial charge in [0.1, 0.15) is 0 Å². The molecule has 0 radical (unpaired) electrons. The number of thiazole rings is 1. The fraction of sp³-hybridized carbons (Fsp3) is 0.714. The van der Waals surface area contributed by atoms with Gasteiger partial charge in [-0.05, 0) is 12.8 Å². The van der Waals surface area contributed by atoms with Gasteiger partial charge in [-0.3, -0.25) is 4.99 Å². The van der Waals surface area contributed by atoms with E-state index in [1.54, 1.807) is 11.3 Å². The number of guanidine groups is 1. The molecule has 1 aliphatic rings. The van der Waals surface area contributed by atoms with E-state index in [1.165, 1.54) is 32.1 Å². The van der Waals surface area contributed by atoms with Gasteiger partial charge in [-0.1, -0.05) is 19.3 Å². The minimum Gasteiger partial charge on any atom is -0.354 e. The molecule has 6 heteroatoms. The van der Waals surface area contributed by atoms with E-state index < -0.39 is 0 Å². The van der Waals surface area contributed by atoms with E-state index in [-0.39, 0.29) is 0 Å². The van der Waals surface area contributed by atoms with Crippen molar-refractivity contribution in [3.63, 3.8) is 0 Å². The van der Waals surface area contributed by atoms with Gasteiger partial charge in [-0.15, -0.1) is 11.3 Å². The van der Waals surface area contributed by atoms with Gasteiger partial charge in [0, 0.05) is 32.6 Å². The Labute approximate surface area is 125 Å². The first kappa shape index (κ1) is 15.1. The average molecular weight is 295 g/mol. The van der Waals surface area contributed by atoms with Crippen LogP contribution in [0.3, 0.4) is 0 Å². The van der Waals surface area contributed by atoms with Gasteiger partial charge in [0.05, 0.1) is 12.2 Å². The van der Waals surface area contributed by atoms with Crippen LogP contribution in [0, 0.1) is 0 Å². The highest BCUT2D eigenvalue weighted by atomic mass is 32.1. The van der Waals surface area contributed by atoms with Gasteiger partial charge in [0.2, 0.25) is 0 Å². The van der Waals surface area contributed by atoms with E-state index in [4.69, 9.17) is 0 Å². The molecule has 2 N–H and O–H groups in total. The molecule has 0 amide bonds. The third kappa shape index (κ3) is 4.37. The molecule has 0 bridgehead atoms. The van der Waals surface area contributed by atoms with Gasteiger partial charge in [-0.2, -0.15) is 0 Å². The van der Waals surface area contributed by atoms with Crippen LogP contribution in [0.1, 0.15) is 37.8 Å². The van der Waals surface area contributed by atoms with Crippen molar-refractivity contribution in [2.75, 3.05) is 26.0 Å². The van der Waals surface area contributed by atoms with Crippen molar-refractivity contribution in [3.05, 3.63) is 11.1 Å². The number of hydrogen-bond donors (Lipinski definition) is 2. The highest BCUT2D eigenvalue weighted by molar-refractivity contribution is 7.13. The topological polar surface area (TPSA) is 52.6 Å². The second-order valence-corrected chi connectivity index (χ2v) is 6.26. The lowest BCUT2D eigenvalue weighted by Crippen LogP contribution is -2.43. The summed E-state index contributed by atoms with van der Waals surface area (Å²) in [5, 5.41) is 9.99. The number of nitrogens with zero attached hydrogens (tertiary/aromatic N) is 3. The van der Waals surface area contributed by atoms with Gasteiger partial charge < -0.3 is 15.5 Å². The molecule has 0 unspecified atom stereocenters. The van der Waals surface area contributed by atoms with Crippen molar-refractivity contribution >= 4 is 22.4 Å². The van der Waals surface area contributed by atoms with E-state index in [1.807, 2.05) is 26.0 Å². The summed E-state index contributed by atoms with van der Waals surface area (Å²) in [4.78, 5) is 10.9. The summed E-state index contributed by atoms with van der Waals surface area (Å²) in [6.07, 6.45) is 6.53. The molecule has 0 aromatic carbocycles. The lowest BCUT2D eigenvalue weighted by Gasteiger charge is -2.24. The van der Waals surface area contributed by atoms with Crippen molar-refractivity contribution < 1.29 is 0 Å². The van der Waals surface area contributed by atoms with E-state index in [0.29, 0.717) is 6.04 Å². The van der Waals surface area contributed by atoms with Crippen LogP contribution in [-0.2, 0) is 6.54 Å². The maximum absolute atomic E-state index is 4.56. The van der Waals surface area contributed by atoms with E-state index >= 15 is 0 Å². The third-order valence-electron chi connectivity index (χ3n) is 3.53. The maximum atomic E-state index is 4.56. The molecule has 20 heavy (non-hydrogen) atoms. The molecule has 1 aromatic heterocycles. The minimum absolute atomic E-state index is 0.572. The number of anilines is 1. The average Bonchev–Trinajstić information content (AvgIpc) is 2.93. The molecule has 112 valence electrons. The van der Waals surface area contributed by atoms with Crippen LogP contribution >= 0.6 is 11.3 Å². The van der Waals surface area contributed by atoms with Crippen molar-refractivity contribution in [1.29, 1.82) is 0 Å². The van der Waals surface area contributed by atoms with Crippen LogP contribution in [0.5, 0.6) is 0 Å². The van der Waals surface area contributed by atoms with Crippen LogP contribution < -0.4 is 15.5 Å². The predicted molar refractivity (Wildman–Crippen MR) is 86.6 cm³/mol. The second-order valence-electron chi connectivity index (χ2n) is 5.42. The molecule has 1 saturated carbocycles. The molecule has 1 heterocycles. The Morgan fingerprint density at radius 1 is 1.40 bits per heavy atom. The molecule has 2 rings (SSSR count). The summed E-state index contributed by atoms with van der Waals surface area (Å²) in [7, 11) is 5.85. The van der Waals surface area contributed by atoms with Crippen LogP contribution in [0.15, 0.2) is 10.4 Å². The maximum Gasteiger partial charge on any atom is 0.191 e. The highest BCUT2D eigenvalue weighted by Crippen LogP contribution is 2.18. The van der Waals surface area contributed by atoms with Gasteiger partial charge in [0.15, 0.2) is 11.1 Å². The summed E-state index contributed by atoms with van der Waals surface area (Å²) >= 11 is 1.67. The van der Waals surface area contributed by atoms with Crippen molar-refractivity contribution in [2.45, 2.75) is 44.7 Å². The number of aromatic nitrogens is 1. The summed E-state index contributed by atoms with van der Waals surface area (Å²) in [5.74, 6) is 0.885. The fourth-order valence-corrected chi connectivity index (χ4v) is 3.15. The highest BCUT2D eigenvalue weighted by Gasteiger charge is 2.14. The summed E-state index contributed by atoms with van der Waals surface area (Å²) < 4.78 is 0.